The molecule has 0 saturated carbocycles. The van der Waals surface area contributed by atoms with Crippen LogP contribution in [0.5, 0.6) is 5.75 Å². The Hall–Kier alpha value is -2.98. The minimum Gasteiger partial charge on any atom is -0.439 e. The molecule has 4 rings (SSSR count). The monoisotopic (exact) mass is 393 g/mol. The van der Waals surface area contributed by atoms with Crippen LogP contribution in [-0.2, 0) is 6.54 Å². The lowest BCUT2D eigenvalue weighted by molar-refractivity contribution is -0.674. The van der Waals surface area contributed by atoms with E-state index in [-0.39, 0.29) is 0 Å². The highest BCUT2D eigenvalue weighted by Crippen LogP contribution is 2.38. The Morgan fingerprint density at radius 1 is 1.11 bits per heavy atom. The van der Waals surface area contributed by atoms with Gasteiger partial charge in [0.05, 0.1) is 11.8 Å². The maximum atomic E-state index is 6.41. The topological polar surface area (TPSA) is 29.5 Å². The standard InChI is InChI=1S/C23H22ClN2O2/c1-3-25-18-9-5-7-11-20(18)27-22(25)15-13-17(24)14-16-23-26(4-2)19-10-6-8-12-21(19)28-23/h5-16H,3-4H2,1-2H3/q+1. The molecule has 0 aliphatic carbocycles. The largest absolute Gasteiger partial charge is 0.439 e. The van der Waals surface area contributed by atoms with Crippen LogP contribution in [0.1, 0.15) is 19.7 Å². The molecule has 0 spiro atoms. The van der Waals surface area contributed by atoms with Crippen LogP contribution in [0.3, 0.4) is 0 Å². The molecule has 0 saturated heterocycles. The van der Waals surface area contributed by atoms with E-state index in [9.17, 15) is 0 Å². The first-order chi connectivity index (χ1) is 13.7. The van der Waals surface area contributed by atoms with Gasteiger partial charge in [0, 0.05) is 23.7 Å². The SMILES string of the molecule is CCN1C(=CC=C(Cl)C=Cc2oc3ccccc3[n+]2CC)Oc2ccccc21. The van der Waals surface area contributed by atoms with E-state index < -0.39 is 0 Å². The Morgan fingerprint density at radius 2 is 1.89 bits per heavy atom. The van der Waals surface area contributed by atoms with Gasteiger partial charge in [-0.25, -0.2) is 0 Å². The van der Waals surface area contributed by atoms with Crippen molar-refractivity contribution in [3.8, 4) is 5.75 Å². The summed E-state index contributed by atoms with van der Waals surface area (Å²) in [5, 5.41) is 0.589. The first-order valence-electron chi connectivity index (χ1n) is 9.42. The van der Waals surface area contributed by atoms with E-state index in [0.717, 1.165) is 47.4 Å². The lowest BCUT2D eigenvalue weighted by Crippen LogP contribution is -2.33. The molecule has 0 unspecified atom stereocenters. The smallest absolute Gasteiger partial charge is 0.374 e. The third kappa shape index (κ3) is 3.43. The molecule has 4 nitrogen and oxygen atoms in total. The van der Waals surface area contributed by atoms with Crippen LogP contribution in [0.2, 0.25) is 0 Å². The van der Waals surface area contributed by atoms with Gasteiger partial charge in [0.2, 0.25) is 11.5 Å². The fourth-order valence-electron chi connectivity index (χ4n) is 3.36. The summed E-state index contributed by atoms with van der Waals surface area (Å²) in [6, 6.07) is 16.0. The van der Waals surface area contributed by atoms with Crippen molar-refractivity contribution < 1.29 is 13.7 Å². The number of hydrogen-bond acceptors (Lipinski definition) is 3. The molecule has 2 heterocycles. The van der Waals surface area contributed by atoms with Crippen LogP contribution >= 0.6 is 11.6 Å². The lowest BCUT2D eigenvalue weighted by atomic mass is 10.3. The molecule has 3 aromatic rings. The van der Waals surface area contributed by atoms with Crippen molar-refractivity contribution in [3.63, 3.8) is 0 Å². The average molecular weight is 394 g/mol. The van der Waals surface area contributed by atoms with Gasteiger partial charge in [-0.3, -0.25) is 0 Å². The first-order valence-corrected chi connectivity index (χ1v) is 9.80. The van der Waals surface area contributed by atoms with Crippen LogP contribution in [0.4, 0.5) is 5.69 Å². The van der Waals surface area contributed by atoms with E-state index in [1.165, 1.54) is 0 Å². The van der Waals surface area contributed by atoms with Gasteiger partial charge in [0.1, 0.15) is 6.54 Å². The van der Waals surface area contributed by atoms with Gasteiger partial charge >= 0.3 is 5.89 Å². The molecule has 0 atom stereocenters. The third-order valence-corrected chi connectivity index (χ3v) is 4.93. The molecule has 1 aliphatic heterocycles. The molecular formula is C23H22ClN2O2+. The number of para-hydroxylation sites is 4. The highest BCUT2D eigenvalue weighted by molar-refractivity contribution is 6.31. The minimum absolute atomic E-state index is 0.589. The molecule has 142 valence electrons. The van der Waals surface area contributed by atoms with Gasteiger partial charge < -0.3 is 14.1 Å². The summed E-state index contributed by atoms with van der Waals surface area (Å²) in [7, 11) is 0. The maximum Gasteiger partial charge on any atom is 0.374 e. The fraction of sp³-hybridized carbons (Fsp3) is 0.174. The molecule has 1 aromatic heterocycles. The summed E-state index contributed by atoms with van der Waals surface area (Å²) >= 11 is 6.41. The number of rotatable bonds is 5. The van der Waals surface area contributed by atoms with Crippen molar-refractivity contribution >= 4 is 34.5 Å². The number of halogens is 1. The number of ether oxygens (including phenoxy) is 1. The highest BCUT2D eigenvalue weighted by Gasteiger charge is 2.23. The van der Waals surface area contributed by atoms with Crippen LogP contribution in [0.25, 0.3) is 17.2 Å². The normalized spacial score (nSPS) is 15.6. The number of aryl methyl sites for hydroxylation is 1. The third-order valence-electron chi connectivity index (χ3n) is 4.68. The zero-order valence-electron chi connectivity index (χ0n) is 15.9. The number of nitrogens with zero attached hydrogens (tertiary/aromatic N) is 2. The number of hydrogen-bond donors (Lipinski definition) is 0. The zero-order chi connectivity index (χ0) is 19.5. The van der Waals surface area contributed by atoms with Gasteiger partial charge in [-0.1, -0.05) is 35.9 Å². The van der Waals surface area contributed by atoms with Crippen LogP contribution in [-0.4, -0.2) is 6.54 Å². The summed E-state index contributed by atoms with van der Waals surface area (Å²) in [4.78, 5) is 2.12. The number of fused-ring (bicyclic) bond motifs is 2. The van der Waals surface area contributed by atoms with Crippen molar-refractivity contribution in [1.29, 1.82) is 0 Å². The molecule has 0 amide bonds. The summed E-state index contributed by atoms with van der Waals surface area (Å²) in [6.45, 7) is 5.82. The number of oxazole rings is 1. The summed E-state index contributed by atoms with van der Waals surface area (Å²) < 4.78 is 14.0. The molecule has 1 aliphatic rings. The quantitative estimate of drug-likeness (QED) is 0.415. The van der Waals surface area contributed by atoms with Crippen molar-refractivity contribution in [2.45, 2.75) is 20.4 Å². The summed E-state index contributed by atoms with van der Waals surface area (Å²) in [5.74, 6) is 2.40. The lowest BCUT2D eigenvalue weighted by Gasteiger charge is -2.14. The van der Waals surface area contributed by atoms with E-state index in [2.05, 4.69) is 35.4 Å². The number of benzene rings is 2. The van der Waals surface area contributed by atoms with Gasteiger partial charge in [-0.15, -0.1) is 0 Å². The number of aromatic nitrogens is 1. The molecule has 5 heteroatoms. The summed E-state index contributed by atoms with van der Waals surface area (Å²) in [6.07, 6.45) is 7.45. The number of anilines is 1. The van der Waals surface area contributed by atoms with Crippen molar-refractivity contribution in [3.05, 3.63) is 83.6 Å². The second-order valence-electron chi connectivity index (χ2n) is 6.36. The van der Waals surface area contributed by atoms with E-state index >= 15 is 0 Å². The molecule has 0 bridgehead atoms. The van der Waals surface area contributed by atoms with E-state index in [4.69, 9.17) is 20.8 Å². The Labute approximate surface area is 169 Å². The van der Waals surface area contributed by atoms with Gasteiger partial charge in [-0.05, 0) is 44.2 Å². The predicted molar refractivity (Wildman–Crippen MR) is 113 cm³/mol. The fourth-order valence-corrected chi connectivity index (χ4v) is 3.49. The van der Waals surface area contributed by atoms with Crippen molar-refractivity contribution in [2.75, 3.05) is 11.4 Å². The van der Waals surface area contributed by atoms with E-state index in [1.54, 1.807) is 0 Å². The summed E-state index contributed by atoms with van der Waals surface area (Å²) in [5.41, 5.74) is 3.01. The Bertz CT molecular complexity index is 1090. The molecule has 2 aromatic carbocycles. The van der Waals surface area contributed by atoms with Gasteiger partial charge in [0.25, 0.3) is 5.52 Å². The highest BCUT2D eigenvalue weighted by atomic mass is 35.5. The zero-order valence-corrected chi connectivity index (χ0v) is 16.7. The molecular weight excluding hydrogens is 372 g/mol. The molecule has 0 fully saturated rings. The van der Waals surface area contributed by atoms with Crippen LogP contribution in [0, 0.1) is 0 Å². The maximum absolute atomic E-state index is 6.41. The molecule has 28 heavy (non-hydrogen) atoms. The van der Waals surface area contributed by atoms with Gasteiger partial charge in [-0.2, -0.15) is 4.57 Å². The first kappa shape index (κ1) is 18.4. The predicted octanol–water partition coefficient (Wildman–Crippen LogP) is 5.64. The van der Waals surface area contributed by atoms with E-state index in [0.29, 0.717) is 5.03 Å². The molecule has 0 N–H and O–H groups in total. The van der Waals surface area contributed by atoms with Gasteiger partial charge in [0.15, 0.2) is 5.75 Å². The molecule has 0 radical (unpaired) electrons. The second-order valence-corrected chi connectivity index (χ2v) is 6.79. The number of allylic oxidation sites excluding steroid dienone is 4. The van der Waals surface area contributed by atoms with Crippen LogP contribution < -0.4 is 14.2 Å². The van der Waals surface area contributed by atoms with E-state index in [1.807, 2.05) is 60.7 Å². The van der Waals surface area contributed by atoms with Crippen molar-refractivity contribution in [1.82, 2.24) is 0 Å². The Balaban J connectivity index is 1.57. The van der Waals surface area contributed by atoms with Crippen molar-refractivity contribution in [2.24, 2.45) is 0 Å². The average Bonchev–Trinajstić information content (AvgIpc) is 3.27. The minimum atomic E-state index is 0.589. The Kier molecular flexibility index (Phi) is 5.22. The second kappa shape index (κ2) is 7.95. The Morgan fingerprint density at radius 3 is 2.71 bits per heavy atom. The van der Waals surface area contributed by atoms with Crippen LogP contribution in [0.15, 0.2) is 82.1 Å².